The second kappa shape index (κ2) is 7.26. The maximum Gasteiger partial charge on any atom is 0.366 e. The zero-order valence-electron chi connectivity index (χ0n) is 11.9. The van der Waals surface area contributed by atoms with Gasteiger partial charge in [-0.05, 0) is 12.1 Å². The summed E-state index contributed by atoms with van der Waals surface area (Å²) in [4.78, 5) is 20.6. The number of hydrogen-bond acceptors (Lipinski definition) is 8. The summed E-state index contributed by atoms with van der Waals surface area (Å²) < 4.78 is 40.0. The van der Waals surface area contributed by atoms with Crippen molar-refractivity contribution in [2.45, 2.75) is 0 Å². The molecule has 0 aliphatic carbocycles. The lowest BCUT2D eigenvalue weighted by Gasteiger charge is -2.09. The Hall–Kier alpha value is -2.36. The molecule has 0 fully saturated rings. The third kappa shape index (κ3) is 5.31. The van der Waals surface area contributed by atoms with Crippen LogP contribution in [0.2, 0.25) is 0 Å². The van der Waals surface area contributed by atoms with Gasteiger partial charge in [-0.15, -0.1) is 0 Å². The summed E-state index contributed by atoms with van der Waals surface area (Å²) in [6.45, 7) is 0. The number of ether oxygens (including phenoxy) is 1. The molecule has 132 valence electrons. The fourth-order valence-corrected chi connectivity index (χ4v) is 4.43. The topological polar surface area (TPSA) is 173 Å². The highest BCUT2D eigenvalue weighted by Gasteiger charge is 2.34. The molecular formula is C12H7IN2O9S. The Balaban J connectivity index is 0.000000399. The zero-order chi connectivity index (χ0) is 18.8. The van der Waals surface area contributed by atoms with Crippen LogP contribution in [0.5, 0.6) is 11.5 Å². The molecule has 2 aromatic carbocycles. The molecule has 0 unspecified atom stereocenters. The summed E-state index contributed by atoms with van der Waals surface area (Å²) in [6.07, 6.45) is 0. The molecule has 0 spiro atoms. The molecule has 0 amide bonds. The first-order valence-corrected chi connectivity index (χ1v) is 9.65. The van der Waals surface area contributed by atoms with Gasteiger partial charge in [0.1, 0.15) is 0 Å². The summed E-state index contributed by atoms with van der Waals surface area (Å²) in [6, 6.07) is 8.86. The van der Waals surface area contributed by atoms with Gasteiger partial charge in [0.2, 0.25) is 17.5 Å². The van der Waals surface area contributed by atoms with Gasteiger partial charge < -0.3 is 9.29 Å². The van der Waals surface area contributed by atoms with E-state index in [4.69, 9.17) is 22.3 Å². The van der Waals surface area contributed by atoms with Gasteiger partial charge in [-0.1, -0.05) is 0 Å². The van der Waals surface area contributed by atoms with Gasteiger partial charge in [0.15, 0.2) is 11.5 Å². The molecule has 1 heterocycles. The average Bonchev–Trinajstić information content (AvgIpc) is 2.50. The number of nitro groups is 2. The summed E-state index contributed by atoms with van der Waals surface area (Å²) in [5, 5.41) is 21.5. The van der Waals surface area contributed by atoms with Crippen molar-refractivity contribution in [3.63, 3.8) is 0 Å². The van der Waals surface area contributed by atoms with E-state index in [0.29, 0.717) is 11.5 Å². The molecule has 0 bridgehead atoms. The molecule has 0 radical (unpaired) electrons. The summed E-state index contributed by atoms with van der Waals surface area (Å²) in [5.41, 5.74) is 0.00172. The molecule has 1 N–H and O–H groups in total. The second-order valence-corrected chi connectivity index (χ2v) is 8.09. The van der Waals surface area contributed by atoms with E-state index in [1.54, 1.807) is 12.1 Å². The largest absolute Gasteiger partial charge is 0.726 e. The number of benzene rings is 2. The van der Waals surface area contributed by atoms with Crippen molar-refractivity contribution in [1.82, 2.24) is 0 Å². The first-order chi connectivity index (χ1) is 11.5. The van der Waals surface area contributed by atoms with Crippen LogP contribution in [-0.2, 0) is 10.4 Å². The van der Waals surface area contributed by atoms with Crippen molar-refractivity contribution in [3.05, 3.63) is 63.8 Å². The van der Waals surface area contributed by atoms with Crippen LogP contribution in [-0.4, -0.2) is 27.4 Å². The van der Waals surface area contributed by atoms with Gasteiger partial charge in [-0.3, -0.25) is 24.8 Å². The first kappa shape index (κ1) is 19.0. The normalized spacial score (nSPS) is 11.9. The van der Waals surface area contributed by atoms with Crippen molar-refractivity contribution in [2.75, 3.05) is 0 Å². The third-order valence-corrected chi connectivity index (χ3v) is 5.52. The van der Waals surface area contributed by atoms with Crippen LogP contribution in [0.15, 0.2) is 36.4 Å². The van der Waals surface area contributed by atoms with Gasteiger partial charge in [0.05, 0.1) is 22.0 Å². The van der Waals surface area contributed by atoms with Gasteiger partial charge in [0.25, 0.3) is 11.4 Å². The molecule has 0 saturated carbocycles. The van der Waals surface area contributed by atoms with Crippen LogP contribution in [0.3, 0.4) is 0 Å². The molecule has 0 atom stereocenters. The fourth-order valence-electron chi connectivity index (χ4n) is 1.75. The lowest BCUT2D eigenvalue weighted by Crippen LogP contribution is -3.61. The number of fused-ring (bicyclic) bond motifs is 2. The Morgan fingerprint density at radius 2 is 1.28 bits per heavy atom. The highest BCUT2D eigenvalue weighted by atomic mass is 127. The number of non-ortho nitro benzene ring substituents is 2. The van der Waals surface area contributed by atoms with E-state index in [1.807, 2.05) is 0 Å². The maximum absolute atomic E-state index is 10.8. The van der Waals surface area contributed by atoms with Crippen LogP contribution in [0.4, 0.5) is 11.4 Å². The number of nitrogens with zero attached hydrogens (tertiary/aromatic N) is 2. The van der Waals surface area contributed by atoms with Gasteiger partial charge in [-0.2, -0.15) is 0 Å². The standard InChI is InChI=1S/C12H6IN2O5.H2O4S/c16-14(17)7-1-3-11-9(5-7)13-10-6-8(15(18)19)2-4-12(10)20-11;1-5(2,3)4/h1-6H;(H2,1,2,3,4)/q+1;/p-1. The van der Waals surface area contributed by atoms with Crippen molar-refractivity contribution in [1.29, 1.82) is 0 Å². The summed E-state index contributed by atoms with van der Waals surface area (Å²) in [7, 11) is -4.92. The van der Waals surface area contributed by atoms with Crippen LogP contribution in [0, 0.1) is 27.4 Å². The SMILES string of the molecule is O=S(=O)([O-])O.O=[N+]([O-])c1ccc2c(c1)[I+]c1cc([N+](=O)[O-])ccc1O2. The number of hydrogen-bond donors (Lipinski definition) is 1. The van der Waals surface area contributed by atoms with Crippen LogP contribution >= 0.6 is 0 Å². The number of nitro benzene ring substituents is 2. The number of halogens is 1. The number of rotatable bonds is 2. The van der Waals surface area contributed by atoms with Crippen molar-refractivity contribution < 1.29 is 53.3 Å². The Morgan fingerprint density at radius 1 is 0.920 bits per heavy atom. The molecule has 11 nitrogen and oxygen atoms in total. The quantitative estimate of drug-likeness (QED) is 0.154. The van der Waals surface area contributed by atoms with Gasteiger partial charge in [-0.25, -0.2) is 8.42 Å². The minimum absolute atomic E-state index is 0.000862. The van der Waals surface area contributed by atoms with Crippen LogP contribution < -0.4 is 25.9 Å². The molecule has 25 heavy (non-hydrogen) atoms. The third-order valence-electron chi connectivity index (χ3n) is 2.68. The van der Waals surface area contributed by atoms with E-state index >= 15 is 0 Å². The summed E-state index contributed by atoms with van der Waals surface area (Å²) in [5.74, 6) is 1.18. The van der Waals surface area contributed by atoms with E-state index < -0.39 is 41.5 Å². The lowest BCUT2D eigenvalue weighted by molar-refractivity contribution is -0.603. The Kier molecular flexibility index (Phi) is 5.51. The van der Waals surface area contributed by atoms with Crippen molar-refractivity contribution in [2.24, 2.45) is 0 Å². The fraction of sp³-hybridized carbons (Fsp3) is 0. The van der Waals surface area contributed by atoms with Gasteiger partial charge >= 0.3 is 21.2 Å². The highest BCUT2D eigenvalue weighted by Crippen LogP contribution is 2.28. The first-order valence-electron chi connectivity index (χ1n) is 6.12. The minimum Gasteiger partial charge on any atom is -0.726 e. The average molecular weight is 482 g/mol. The molecule has 1 aliphatic rings. The molecule has 0 saturated heterocycles. The van der Waals surface area contributed by atoms with E-state index in [-0.39, 0.29) is 11.4 Å². The summed E-state index contributed by atoms with van der Waals surface area (Å²) >= 11 is -0.743. The van der Waals surface area contributed by atoms with E-state index in [0.717, 1.165) is 7.14 Å². The van der Waals surface area contributed by atoms with E-state index in [9.17, 15) is 20.2 Å². The van der Waals surface area contributed by atoms with E-state index in [2.05, 4.69) is 0 Å². The predicted octanol–water partition coefficient (Wildman–Crippen LogP) is -1.26. The Labute approximate surface area is 150 Å². The molecule has 13 heteroatoms. The smallest absolute Gasteiger partial charge is 0.366 e. The Bertz CT molecular complexity index is 892. The van der Waals surface area contributed by atoms with Crippen LogP contribution in [0.1, 0.15) is 0 Å². The van der Waals surface area contributed by atoms with Crippen molar-refractivity contribution in [3.8, 4) is 11.5 Å². The zero-order valence-corrected chi connectivity index (χ0v) is 14.8. The Morgan fingerprint density at radius 3 is 1.60 bits per heavy atom. The molecule has 2 aromatic rings. The lowest BCUT2D eigenvalue weighted by atomic mass is 10.3. The molecular weight excluding hydrogens is 475 g/mol. The van der Waals surface area contributed by atoms with E-state index in [1.165, 1.54) is 24.3 Å². The molecule has 1 aliphatic heterocycles. The van der Waals surface area contributed by atoms with Crippen molar-refractivity contribution >= 4 is 21.8 Å². The van der Waals surface area contributed by atoms with Gasteiger partial charge in [0, 0.05) is 12.1 Å². The van der Waals surface area contributed by atoms with Crippen LogP contribution in [0.25, 0.3) is 0 Å². The predicted molar refractivity (Wildman–Crippen MR) is 76.0 cm³/mol. The minimum atomic E-state index is -4.92. The highest BCUT2D eigenvalue weighted by molar-refractivity contribution is 7.79. The molecule has 3 rings (SSSR count). The molecule has 0 aromatic heterocycles. The monoisotopic (exact) mass is 482 g/mol. The maximum atomic E-state index is 10.8. The second-order valence-electron chi connectivity index (χ2n) is 4.37.